The van der Waals surface area contributed by atoms with Crippen LogP contribution in [0.1, 0.15) is 24.1 Å². The van der Waals surface area contributed by atoms with Crippen molar-refractivity contribution in [3.8, 4) is 0 Å². The number of carbonyl (C=O) groups is 1. The van der Waals surface area contributed by atoms with E-state index in [2.05, 4.69) is 20.9 Å². The highest BCUT2D eigenvalue weighted by atomic mass is 79.9. The largest absolute Gasteiger partial charge is 0.466 e. The average Bonchev–Trinajstić information content (AvgIpc) is 3.02. The van der Waals surface area contributed by atoms with Crippen molar-refractivity contribution in [2.24, 2.45) is 4.99 Å². The van der Waals surface area contributed by atoms with Crippen LogP contribution in [0, 0.1) is 0 Å². The van der Waals surface area contributed by atoms with Gasteiger partial charge in [-0.25, -0.2) is 9.79 Å². The molecule has 1 aliphatic heterocycles. The molecule has 0 saturated heterocycles. The predicted octanol–water partition coefficient (Wildman–Crippen LogP) is 3.82. The average molecular weight is 504 g/mol. The number of aromatic nitrogens is 1. The third kappa shape index (κ3) is 3.80. The second kappa shape index (κ2) is 8.34. The van der Waals surface area contributed by atoms with Gasteiger partial charge in [0.25, 0.3) is 5.56 Å². The van der Waals surface area contributed by atoms with Gasteiger partial charge in [0.15, 0.2) is 4.80 Å². The zero-order valence-electron chi connectivity index (χ0n) is 16.1. The van der Waals surface area contributed by atoms with E-state index in [9.17, 15) is 9.59 Å². The molecule has 0 spiro atoms. The van der Waals surface area contributed by atoms with E-state index in [1.165, 1.54) is 18.4 Å². The fourth-order valence-corrected chi connectivity index (χ4v) is 4.99. The molecule has 152 valence electrons. The third-order valence-corrected chi connectivity index (χ3v) is 6.49. The summed E-state index contributed by atoms with van der Waals surface area (Å²) >= 11 is 10.8. The number of methoxy groups -OCH3 is 1. The topological polar surface area (TPSA) is 60.7 Å². The minimum Gasteiger partial charge on any atom is -0.466 e. The van der Waals surface area contributed by atoms with Crippen LogP contribution in [0.25, 0.3) is 6.08 Å². The number of carbonyl (C=O) groups excluding carboxylic acids is 1. The van der Waals surface area contributed by atoms with Gasteiger partial charge >= 0.3 is 5.97 Å². The Morgan fingerprint density at radius 1 is 1.27 bits per heavy atom. The number of esters is 1. The molecule has 0 radical (unpaired) electrons. The lowest BCUT2D eigenvalue weighted by Gasteiger charge is -2.24. The van der Waals surface area contributed by atoms with Crippen LogP contribution in [-0.2, 0) is 9.53 Å². The first-order chi connectivity index (χ1) is 14.4. The van der Waals surface area contributed by atoms with Crippen LogP contribution in [0.5, 0.6) is 0 Å². The number of allylic oxidation sites excluding steroid dienone is 1. The van der Waals surface area contributed by atoms with Gasteiger partial charge in [-0.05, 0) is 48.4 Å². The Morgan fingerprint density at radius 2 is 2.00 bits per heavy atom. The zero-order chi connectivity index (χ0) is 21.4. The summed E-state index contributed by atoms with van der Waals surface area (Å²) in [7, 11) is 1.32. The van der Waals surface area contributed by atoms with Crippen molar-refractivity contribution in [2.75, 3.05) is 7.11 Å². The van der Waals surface area contributed by atoms with E-state index in [0.29, 0.717) is 25.6 Å². The molecular weight excluding hydrogens is 488 g/mol. The van der Waals surface area contributed by atoms with E-state index < -0.39 is 12.0 Å². The summed E-state index contributed by atoms with van der Waals surface area (Å²) in [5.74, 6) is -0.516. The number of benzene rings is 2. The van der Waals surface area contributed by atoms with Crippen LogP contribution in [0.4, 0.5) is 0 Å². The molecular formula is C22H16BrClN2O3S. The number of nitrogens with zero attached hydrogens (tertiary/aromatic N) is 2. The lowest BCUT2D eigenvalue weighted by Crippen LogP contribution is -2.39. The first-order valence-electron chi connectivity index (χ1n) is 9.01. The quantitative estimate of drug-likeness (QED) is 0.511. The summed E-state index contributed by atoms with van der Waals surface area (Å²) in [6.45, 7) is 1.75. The molecule has 3 aromatic rings. The zero-order valence-corrected chi connectivity index (χ0v) is 19.2. The number of ether oxygens (including phenoxy) is 1. The van der Waals surface area contributed by atoms with Gasteiger partial charge in [0, 0.05) is 9.50 Å². The Morgan fingerprint density at radius 3 is 2.67 bits per heavy atom. The van der Waals surface area contributed by atoms with E-state index in [1.54, 1.807) is 35.8 Å². The summed E-state index contributed by atoms with van der Waals surface area (Å²) in [5, 5.41) is 0.570. The molecule has 0 fully saturated rings. The lowest BCUT2D eigenvalue weighted by atomic mass is 9.96. The summed E-state index contributed by atoms with van der Waals surface area (Å²) in [5.41, 5.74) is 2.29. The van der Waals surface area contributed by atoms with E-state index >= 15 is 0 Å². The molecule has 2 aromatic carbocycles. The Bertz CT molecular complexity index is 1360. The summed E-state index contributed by atoms with van der Waals surface area (Å²) in [6.07, 6.45) is 1.82. The van der Waals surface area contributed by atoms with Crippen molar-refractivity contribution in [1.29, 1.82) is 0 Å². The van der Waals surface area contributed by atoms with Crippen molar-refractivity contribution in [2.45, 2.75) is 13.0 Å². The molecule has 30 heavy (non-hydrogen) atoms. The van der Waals surface area contributed by atoms with E-state index in [4.69, 9.17) is 16.3 Å². The molecule has 0 bridgehead atoms. The highest BCUT2D eigenvalue weighted by molar-refractivity contribution is 9.10. The molecule has 1 aliphatic rings. The molecule has 8 heteroatoms. The van der Waals surface area contributed by atoms with Gasteiger partial charge < -0.3 is 4.74 Å². The highest BCUT2D eigenvalue weighted by Gasteiger charge is 2.32. The van der Waals surface area contributed by atoms with Gasteiger partial charge in [0.2, 0.25) is 0 Å². The maximum absolute atomic E-state index is 13.4. The second-order valence-corrected chi connectivity index (χ2v) is 9.04. The van der Waals surface area contributed by atoms with Crippen molar-refractivity contribution in [3.05, 3.63) is 100 Å². The van der Waals surface area contributed by atoms with Crippen LogP contribution >= 0.6 is 38.9 Å². The minimum absolute atomic E-state index is 0.215. The first-order valence-corrected chi connectivity index (χ1v) is 11.0. The second-order valence-electron chi connectivity index (χ2n) is 6.68. The summed E-state index contributed by atoms with van der Waals surface area (Å²) in [6, 6.07) is 14.1. The Kier molecular flexibility index (Phi) is 5.77. The van der Waals surface area contributed by atoms with E-state index in [1.807, 2.05) is 30.3 Å². The maximum atomic E-state index is 13.4. The number of hydrogen-bond donors (Lipinski definition) is 0. The fourth-order valence-electron chi connectivity index (χ4n) is 3.40. The molecule has 1 aromatic heterocycles. The SMILES string of the molecule is COC(=O)C1=C(C)N=c2s/c(=C\c3cccc(Br)c3)c(=O)n2C1c1ccc(Cl)cc1. The third-order valence-electron chi connectivity index (χ3n) is 4.76. The molecule has 1 unspecified atom stereocenters. The Balaban J connectivity index is 1.98. The minimum atomic E-state index is -0.643. The molecule has 2 heterocycles. The molecule has 0 N–H and O–H groups in total. The normalized spacial score (nSPS) is 16.3. The van der Waals surface area contributed by atoms with E-state index in [0.717, 1.165) is 15.6 Å². The molecule has 5 nitrogen and oxygen atoms in total. The molecule has 1 atom stereocenters. The van der Waals surface area contributed by atoms with Gasteiger partial charge in [-0.2, -0.15) is 0 Å². The van der Waals surface area contributed by atoms with Crippen molar-refractivity contribution >= 4 is 50.9 Å². The van der Waals surface area contributed by atoms with Crippen LogP contribution in [0.3, 0.4) is 0 Å². The lowest BCUT2D eigenvalue weighted by molar-refractivity contribution is -0.136. The van der Waals surface area contributed by atoms with Crippen molar-refractivity contribution < 1.29 is 9.53 Å². The van der Waals surface area contributed by atoms with E-state index in [-0.39, 0.29) is 5.56 Å². The highest BCUT2D eigenvalue weighted by Crippen LogP contribution is 2.31. The number of hydrogen-bond acceptors (Lipinski definition) is 5. The molecule has 4 rings (SSSR count). The number of rotatable bonds is 3. The number of thiazole rings is 1. The maximum Gasteiger partial charge on any atom is 0.338 e. The van der Waals surface area contributed by atoms with Gasteiger partial charge in [-0.15, -0.1) is 0 Å². The summed E-state index contributed by atoms with van der Waals surface area (Å²) < 4.78 is 8.01. The van der Waals surface area contributed by atoms with Gasteiger partial charge in [-0.1, -0.05) is 63.1 Å². The van der Waals surface area contributed by atoms with Gasteiger partial charge in [0.05, 0.1) is 29.0 Å². The predicted molar refractivity (Wildman–Crippen MR) is 121 cm³/mol. The monoisotopic (exact) mass is 502 g/mol. The molecule has 0 saturated carbocycles. The van der Waals surface area contributed by atoms with Crippen molar-refractivity contribution in [3.63, 3.8) is 0 Å². The first kappa shape index (κ1) is 20.8. The van der Waals surface area contributed by atoms with Crippen LogP contribution in [0.2, 0.25) is 5.02 Å². The summed E-state index contributed by atoms with van der Waals surface area (Å²) in [4.78, 5) is 31.0. The van der Waals surface area contributed by atoms with Crippen LogP contribution < -0.4 is 14.9 Å². The number of fused-ring (bicyclic) bond motifs is 1. The van der Waals surface area contributed by atoms with Gasteiger partial charge in [0.1, 0.15) is 0 Å². The molecule has 0 aliphatic carbocycles. The Labute approximate surface area is 189 Å². The van der Waals surface area contributed by atoms with Crippen LogP contribution in [0.15, 0.2) is 74.1 Å². The molecule has 0 amide bonds. The smallest absolute Gasteiger partial charge is 0.338 e. The standard InChI is InChI=1S/C22H16BrClN2O3S/c1-12-18(21(28)29-2)19(14-6-8-16(24)9-7-14)26-20(27)17(30-22(26)25-12)11-13-4-3-5-15(23)10-13/h3-11,19H,1-2H3/b17-11-. The Hall–Kier alpha value is -2.48. The van der Waals surface area contributed by atoms with Gasteiger partial charge in [-0.3, -0.25) is 9.36 Å². The van der Waals surface area contributed by atoms with Crippen molar-refractivity contribution in [1.82, 2.24) is 4.57 Å². The fraction of sp³-hybridized carbons (Fsp3) is 0.136. The number of halogens is 2. The van der Waals surface area contributed by atoms with Crippen LogP contribution in [-0.4, -0.2) is 17.6 Å².